The van der Waals surface area contributed by atoms with Gasteiger partial charge in [0.25, 0.3) is 0 Å². The molecule has 0 radical (unpaired) electrons. The second kappa shape index (κ2) is 6.57. The first-order chi connectivity index (χ1) is 8.25. The van der Waals surface area contributed by atoms with Gasteiger partial charge in [0, 0.05) is 0 Å². The fourth-order valence-corrected chi connectivity index (χ4v) is 2.17. The van der Waals surface area contributed by atoms with Gasteiger partial charge >= 0.3 is 11.9 Å². The fraction of sp³-hybridized carbons (Fsp3) is 0.714. The molecule has 0 spiro atoms. The van der Waals surface area contributed by atoms with Crippen LogP contribution in [0.4, 0.5) is 0 Å². The zero-order valence-electron chi connectivity index (χ0n) is 11.9. The van der Waals surface area contributed by atoms with Crippen molar-refractivity contribution >= 4 is 11.9 Å². The van der Waals surface area contributed by atoms with Crippen molar-refractivity contribution in [3.63, 3.8) is 0 Å². The zero-order valence-corrected chi connectivity index (χ0v) is 11.9. The lowest BCUT2D eigenvalue weighted by atomic mass is 9.68. The van der Waals surface area contributed by atoms with E-state index in [1.165, 1.54) is 0 Å². The molecule has 0 saturated carbocycles. The third-order valence-electron chi connectivity index (χ3n) is 4.07. The maximum Gasteiger partial charge on any atom is 0.332 e. The van der Waals surface area contributed by atoms with Crippen molar-refractivity contribution in [3.05, 3.63) is 11.1 Å². The molecule has 0 fully saturated rings. The lowest BCUT2D eigenvalue weighted by Gasteiger charge is -2.34. The third-order valence-corrected chi connectivity index (χ3v) is 4.07. The van der Waals surface area contributed by atoms with E-state index in [9.17, 15) is 19.8 Å². The van der Waals surface area contributed by atoms with E-state index in [0.29, 0.717) is 24.8 Å². The lowest BCUT2D eigenvalue weighted by Crippen LogP contribution is -2.37. The quantitative estimate of drug-likeness (QED) is 0.685. The largest absolute Gasteiger partial charge is 0.481 e. The Morgan fingerprint density at radius 1 is 1.11 bits per heavy atom. The second-order valence-electron chi connectivity index (χ2n) is 4.99. The van der Waals surface area contributed by atoms with Crippen LogP contribution < -0.4 is 0 Å². The molecular formula is C14H24O4. The summed E-state index contributed by atoms with van der Waals surface area (Å²) in [4.78, 5) is 22.9. The van der Waals surface area contributed by atoms with Crippen LogP contribution in [0.25, 0.3) is 0 Å². The van der Waals surface area contributed by atoms with Crippen LogP contribution in [0.3, 0.4) is 0 Å². The van der Waals surface area contributed by atoms with E-state index in [1.807, 2.05) is 27.7 Å². The van der Waals surface area contributed by atoms with E-state index < -0.39 is 23.3 Å². The predicted molar refractivity (Wildman–Crippen MR) is 70.4 cm³/mol. The molecule has 0 aliphatic heterocycles. The minimum absolute atomic E-state index is 0.0520. The van der Waals surface area contributed by atoms with Crippen molar-refractivity contribution in [2.24, 2.45) is 11.3 Å². The molecule has 0 heterocycles. The Kier molecular flexibility index (Phi) is 6.09. The van der Waals surface area contributed by atoms with E-state index in [0.717, 1.165) is 0 Å². The molecule has 0 saturated heterocycles. The normalized spacial score (nSPS) is 14.9. The van der Waals surface area contributed by atoms with Crippen LogP contribution in [0.15, 0.2) is 11.1 Å². The fourth-order valence-electron chi connectivity index (χ4n) is 2.17. The molecule has 0 aromatic carbocycles. The molecule has 18 heavy (non-hydrogen) atoms. The van der Waals surface area contributed by atoms with Crippen molar-refractivity contribution in [1.29, 1.82) is 0 Å². The number of rotatable bonds is 7. The molecule has 1 unspecified atom stereocenters. The van der Waals surface area contributed by atoms with Crippen molar-refractivity contribution in [2.45, 2.75) is 53.9 Å². The van der Waals surface area contributed by atoms with Crippen LogP contribution in [0.1, 0.15) is 53.9 Å². The van der Waals surface area contributed by atoms with E-state index in [4.69, 9.17) is 0 Å². The number of carboxylic acids is 2. The Labute approximate surface area is 109 Å². The predicted octanol–water partition coefficient (Wildman–Crippen LogP) is 3.32. The molecule has 4 heteroatoms. The number of carboxylic acid groups (broad SMARTS) is 2. The summed E-state index contributed by atoms with van der Waals surface area (Å²) in [7, 11) is 0. The first-order valence-corrected chi connectivity index (χ1v) is 6.40. The van der Waals surface area contributed by atoms with Gasteiger partial charge in [-0.1, -0.05) is 33.3 Å². The van der Waals surface area contributed by atoms with Crippen LogP contribution in [0.5, 0.6) is 0 Å². The van der Waals surface area contributed by atoms with Crippen molar-refractivity contribution in [3.8, 4) is 0 Å². The Morgan fingerprint density at radius 2 is 1.56 bits per heavy atom. The average Bonchev–Trinajstić information content (AvgIpc) is 2.33. The van der Waals surface area contributed by atoms with Crippen LogP contribution in [-0.4, -0.2) is 22.2 Å². The molecule has 0 rings (SSSR count). The maximum absolute atomic E-state index is 11.5. The SMILES string of the molecule is CC/C(C)=C(/C(=O)O)C(C(=O)O)C(C)(CC)CC. The molecule has 4 nitrogen and oxygen atoms in total. The zero-order chi connectivity index (χ0) is 14.5. The molecule has 2 N–H and O–H groups in total. The number of aliphatic carboxylic acids is 2. The van der Waals surface area contributed by atoms with E-state index in [2.05, 4.69) is 0 Å². The van der Waals surface area contributed by atoms with E-state index in [-0.39, 0.29) is 5.57 Å². The molecule has 0 aliphatic carbocycles. The third kappa shape index (κ3) is 3.34. The highest BCUT2D eigenvalue weighted by atomic mass is 16.4. The van der Waals surface area contributed by atoms with Crippen LogP contribution >= 0.6 is 0 Å². The Hall–Kier alpha value is -1.32. The Balaban J connectivity index is 5.89. The number of allylic oxidation sites excluding steroid dienone is 1. The van der Waals surface area contributed by atoms with Crippen LogP contribution in [0, 0.1) is 11.3 Å². The Bertz CT molecular complexity index is 351. The summed E-state index contributed by atoms with van der Waals surface area (Å²) in [6.45, 7) is 9.19. The highest BCUT2D eigenvalue weighted by molar-refractivity contribution is 5.95. The van der Waals surface area contributed by atoms with E-state index in [1.54, 1.807) is 6.92 Å². The molecular weight excluding hydrogens is 232 g/mol. The molecule has 0 amide bonds. The average molecular weight is 256 g/mol. The van der Waals surface area contributed by atoms with Gasteiger partial charge in [-0.3, -0.25) is 4.79 Å². The summed E-state index contributed by atoms with van der Waals surface area (Å²) >= 11 is 0. The van der Waals surface area contributed by atoms with Gasteiger partial charge in [-0.25, -0.2) is 4.79 Å². The van der Waals surface area contributed by atoms with Gasteiger partial charge in [-0.2, -0.15) is 0 Å². The second-order valence-corrected chi connectivity index (χ2v) is 4.99. The number of carbonyl (C=O) groups is 2. The van der Waals surface area contributed by atoms with Gasteiger partial charge in [-0.05, 0) is 31.6 Å². The van der Waals surface area contributed by atoms with Gasteiger partial charge in [0.05, 0.1) is 11.5 Å². The lowest BCUT2D eigenvalue weighted by molar-refractivity contribution is -0.148. The number of hydrogen-bond acceptors (Lipinski definition) is 2. The highest BCUT2D eigenvalue weighted by Gasteiger charge is 2.42. The first-order valence-electron chi connectivity index (χ1n) is 6.40. The molecule has 0 aliphatic rings. The minimum Gasteiger partial charge on any atom is -0.481 e. The monoisotopic (exact) mass is 256 g/mol. The molecule has 1 atom stereocenters. The minimum atomic E-state index is -1.12. The molecule has 0 aromatic heterocycles. The summed E-state index contributed by atoms with van der Waals surface area (Å²) < 4.78 is 0. The maximum atomic E-state index is 11.5. The van der Waals surface area contributed by atoms with Gasteiger partial charge in [0.15, 0.2) is 0 Å². The molecule has 0 bridgehead atoms. The summed E-state index contributed by atoms with van der Waals surface area (Å²) in [6, 6.07) is 0. The summed E-state index contributed by atoms with van der Waals surface area (Å²) in [5.74, 6) is -3.12. The summed E-state index contributed by atoms with van der Waals surface area (Å²) in [5.41, 5.74) is 0.162. The summed E-state index contributed by atoms with van der Waals surface area (Å²) in [5, 5.41) is 18.8. The topological polar surface area (TPSA) is 74.6 Å². The van der Waals surface area contributed by atoms with Gasteiger partial charge in [0.2, 0.25) is 0 Å². The standard InChI is InChI=1S/C14H24O4/c1-6-9(4)10(12(15)16)11(13(17)18)14(5,7-2)8-3/h11H,6-8H2,1-5H3,(H,15,16)(H,17,18)/b10-9+. The van der Waals surface area contributed by atoms with Gasteiger partial charge < -0.3 is 10.2 Å². The number of hydrogen-bond donors (Lipinski definition) is 2. The highest BCUT2D eigenvalue weighted by Crippen LogP contribution is 2.40. The van der Waals surface area contributed by atoms with Crippen LogP contribution in [-0.2, 0) is 9.59 Å². The van der Waals surface area contributed by atoms with E-state index >= 15 is 0 Å². The van der Waals surface area contributed by atoms with Gasteiger partial charge in [-0.15, -0.1) is 0 Å². The Morgan fingerprint density at radius 3 is 1.78 bits per heavy atom. The van der Waals surface area contributed by atoms with Crippen molar-refractivity contribution in [1.82, 2.24) is 0 Å². The van der Waals surface area contributed by atoms with Crippen molar-refractivity contribution < 1.29 is 19.8 Å². The summed E-state index contributed by atoms with van der Waals surface area (Å²) in [6.07, 6.45) is 1.82. The van der Waals surface area contributed by atoms with Gasteiger partial charge in [0.1, 0.15) is 0 Å². The van der Waals surface area contributed by atoms with Crippen LogP contribution in [0.2, 0.25) is 0 Å². The first kappa shape index (κ1) is 16.7. The van der Waals surface area contributed by atoms with Crippen molar-refractivity contribution in [2.75, 3.05) is 0 Å². The smallest absolute Gasteiger partial charge is 0.332 e. The molecule has 104 valence electrons. The molecule has 0 aromatic rings.